The number of hydrogen-bond acceptors (Lipinski definition) is 5. The molecule has 0 heterocycles. The van der Waals surface area contributed by atoms with Gasteiger partial charge >= 0.3 is 0 Å². The quantitative estimate of drug-likeness (QED) is 0.819. The molecule has 0 atom stereocenters. The zero-order valence-corrected chi connectivity index (χ0v) is 9.36. The third-order valence-corrected chi connectivity index (χ3v) is 2.01. The first-order chi connectivity index (χ1) is 8.65. The molecule has 1 aromatic rings. The van der Waals surface area contributed by atoms with Crippen LogP contribution in [0.3, 0.4) is 0 Å². The van der Waals surface area contributed by atoms with Crippen LogP contribution in [0.15, 0.2) is 29.5 Å². The maximum Gasteiger partial charge on any atom is 0.167 e. The smallest absolute Gasteiger partial charge is 0.167 e. The normalized spacial score (nSPS) is 8.39. The Hall–Kier alpha value is -3.04. The molecule has 5 nitrogen and oxygen atoms in total. The van der Waals surface area contributed by atoms with Gasteiger partial charge in [-0.05, 0) is 12.1 Å². The Morgan fingerprint density at radius 1 is 1.22 bits per heavy atom. The summed E-state index contributed by atoms with van der Waals surface area (Å²) in [6.07, 6.45) is 0. The maximum atomic E-state index is 13.4. The van der Waals surface area contributed by atoms with Crippen molar-refractivity contribution in [3.05, 3.63) is 35.3 Å². The molecule has 0 aliphatic heterocycles. The van der Waals surface area contributed by atoms with Crippen LogP contribution in [0, 0.1) is 39.8 Å². The molecule has 0 saturated heterocycles. The first kappa shape index (κ1) is 13.0. The molecule has 0 spiro atoms. The predicted molar refractivity (Wildman–Crippen MR) is 60.4 cm³/mol. The van der Waals surface area contributed by atoms with Crippen molar-refractivity contribution >= 4 is 5.69 Å². The van der Waals surface area contributed by atoms with Gasteiger partial charge in [-0.25, -0.2) is 4.39 Å². The van der Waals surface area contributed by atoms with Crippen molar-refractivity contribution in [2.45, 2.75) is 0 Å². The minimum Gasteiger partial charge on any atom is -0.494 e. The second-order valence-corrected chi connectivity index (χ2v) is 3.06. The number of benzene rings is 1. The lowest BCUT2D eigenvalue weighted by Gasteiger charge is -2.06. The van der Waals surface area contributed by atoms with Crippen LogP contribution in [-0.4, -0.2) is 7.11 Å². The van der Waals surface area contributed by atoms with Crippen molar-refractivity contribution < 1.29 is 9.13 Å². The number of methoxy groups -OCH3 is 1. The van der Waals surface area contributed by atoms with Gasteiger partial charge in [0, 0.05) is 11.8 Å². The van der Waals surface area contributed by atoms with E-state index < -0.39 is 5.82 Å². The van der Waals surface area contributed by atoms with E-state index in [1.165, 1.54) is 19.2 Å². The van der Waals surface area contributed by atoms with E-state index in [9.17, 15) is 4.39 Å². The highest BCUT2D eigenvalue weighted by Gasteiger charge is 2.08. The molecule has 1 aromatic carbocycles. The van der Waals surface area contributed by atoms with Crippen molar-refractivity contribution in [3.8, 4) is 24.0 Å². The molecular weight excluding hydrogens is 235 g/mol. The predicted octanol–water partition coefficient (Wildman–Crippen LogP) is 2.07. The van der Waals surface area contributed by atoms with Crippen LogP contribution in [-0.2, 0) is 0 Å². The average molecular weight is 242 g/mol. The number of allylic oxidation sites excluding steroid dienone is 2. The second-order valence-electron chi connectivity index (χ2n) is 3.06. The highest BCUT2D eigenvalue weighted by atomic mass is 19.1. The summed E-state index contributed by atoms with van der Waals surface area (Å²) in [5.41, 5.74) is -0.355. The largest absolute Gasteiger partial charge is 0.494 e. The van der Waals surface area contributed by atoms with E-state index in [1.807, 2.05) is 0 Å². The topological polar surface area (TPSA) is 92.6 Å². The van der Waals surface area contributed by atoms with Gasteiger partial charge < -0.3 is 10.1 Å². The van der Waals surface area contributed by atoms with Crippen LogP contribution in [0.2, 0.25) is 0 Å². The van der Waals surface area contributed by atoms with Crippen molar-refractivity contribution in [1.82, 2.24) is 0 Å². The van der Waals surface area contributed by atoms with Gasteiger partial charge in [0.1, 0.15) is 23.9 Å². The summed E-state index contributed by atoms with van der Waals surface area (Å²) in [4.78, 5) is 0. The summed E-state index contributed by atoms with van der Waals surface area (Å²) in [6.45, 7) is 0. The zero-order chi connectivity index (χ0) is 13.5. The van der Waals surface area contributed by atoms with Gasteiger partial charge in [0.25, 0.3) is 0 Å². The van der Waals surface area contributed by atoms with E-state index in [4.69, 9.17) is 20.5 Å². The molecule has 0 radical (unpaired) electrons. The lowest BCUT2D eigenvalue weighted by atomic mass is 10.2. The fourth-order valence-corrected chi connectivity index (χ4v) is 1.17. The van der Waals surface area contributed by atoms with Crippen LogP contribution in [0.1, 0.15) is 0 Å². The summed E-state index contributed by atoms with van der Waals surface area (Å²) in [6, 6.07) is 8.75. The number of nitrogens with one attached hydrogen (secondary N) is 1. The van der Waals surface area contributed by atoms with E-state index in [0.29, 0.717) is 0 Å². The molecule has 0 unspecified atom stereocenters. The number of anilines is 1. The Bertz CT molecular complexity index is 600. The van der Waals surface area contributed by atoms with Crippen LogP contribution in [0.25, 0.3) is 0 Å². The number of nitriles is 3. The van der Waals surface area contributed by atoms with Crippen LogP contribution in [0.4, 0.5) is 10.1 Å². The molecule has 0 aromatic heterocycles. The molecule has 0 bridgehead atoms. The molecule has 1 rings (SSSR count). The second kappa shape index (κ2) is 5.89. The fraction of sp³-hybridized carbons (Fsp3) is 0.0833. The van der Waals surface area contributed by atoms with Gasteiger partial charge in [-0.3, -0.25) is 0 Å². The number of rotatable bonds is 3. The highest BCUT2D eigenvalue weighted by Crippen LogP contribution is 2.21. The zero-order valence-electron chi connectivity index (χ0n) is 9.36. The molecule has 0 aliphatic carbocycles. The molecule has 18 heavy (non-hydrogen) atoms. The molecule has 0 fully saturated rings. The first-order valence-electron chi connectivity index (χ1n) is 4.71. The first-order valence-corrected chi connectivity index (χ1v) is 4.71. The van der Waals surface area contributed by atoms with E-state index in [0.717, 1.165) is 6.07 Å². The van der Waals surface area contributed by atoms with Gasteiger partial charge in [-0.1, -0.05) is 0 Å². The van der Waals surface area contributed by atoms with E-state index in [1.54, 1.807) is 18.2 Å². The molecule has 88 valence electrons. The van der Waals surface area contributed by atoms with Crippen molar-refractivity contribution in [3.63, 3.8) is 0 Å². The number of ether oxygens (including phenoxy) is 1. The van der Waals surface area contributed by atoms with E-state index >= 15 is 0 Å². The van der Waals surface area contributed by atoms with Crippen LogP contribution >= 0.6 is 0 Å². The van der Waals surface area contributed by atoms with Crippen LogP contribution < -0.4 is 10.1 Å². The average Bonchev–Trinajstić information content (AvgIpc) is 2.39. The maximum absolute atomic E-state index is 13.4. The SMILES string of the molecule is COc1ccc(NC(C#N)=C(C#N)C#N)cc1F. The summed E-state index contributed by atoms with van der Waals surface area (Å²) in [5, 5.41) is 28.6. The minimum absolute atomic E-state index is 0.0591. The van der Waals surface area contributed by atoms with Crippen molar-refractivity contribution in [1.29, 1.82) is 15.8 Å². The lowest BCUT2D eigenvalue weighted by molar-refractivity contribution is 0.386. The molecular formula is C12H7FN4O. The third-order valence-electron chi connectivity index (χ3n) is 2.01. The van der Waals surface area contributed by atoms with Gasteiger partial charge in [0.15, 0.2) is 17.1 Å². The number of hydrogen-bond donors (Lipinski definition) is 1. The Morgan fingerprint density at radius 3 is 2.33 bits per heavy atom. The third kappa shape index (κ3) is 2.75. The molecule has 0 saturated carbocycles. The standard InChI is InChI=1S/C12H7FN4O/c1-18-12-3-2-9(4-10(12)13)17-11(7-16)8(5-14)6-15/h2-4,17H,1H3. The monoisotopic (exact) mass is 242 g/mol. The Balaban J connectivity index is 3.10. The summed E-state index contributed by atoms with van der Waals surface area (Å²) in [7, 11) is 1.33. The van der Waals surface area contributed by atoms with Gasteiger partial charge in [0.05, 0.1) is 7.11 Å². The number of halogens is 1. The highest BCUT2D eigenvalue weighted by molar-refractivity contribution is 5.59. The molecule has 0 aliphatic rings. The minimum atomic E-state index is -0.616. The summed E-state index contributed by atoms with van der Waals surface area (Å²) in [5.74, 6) is -0.556. The van der Waals surface area contributed by atoms with Gasteiger partial charge in [-0.2, -0.15) is 15.8 Å². The Labute approximate surface area is 103 Å². The number of nitrogens with zero attached hydrogens (tertiary/aromatic N) is 3. The lowest BCUT2D eigenvalue weighted by Crippen LogP contribution is -2.01. The van der Waals surface area contributed by atoms with E-state index in [2.05, 4.69) is 5.32 Å². The van der Waals surface area contributed by atoms with Crippen molar-refractivity contribution in [2.75, 3.05) is 12.4 Å². The van der Waals surface area contributed by atoms with Crippen LogP contribution in [0.5, 0.6) is 5.75 Å². The van der Waals surface area contributed by atoms with Gasteiger partial charge in [0.2, 0.25) is 0 Å². The summed E-state index contributed by atoms with van der Waals surface area (Å²) >= 11 is 0. The van der Waals surface area contributed by atoms with E-state index in [-0.39, 0.29) is 22.7 Å². The Kier molecular flexibility index (Phi) is 4.26. The molecule has 6 heteroatoms. The fourth-order valence-electron chi connectivity index (χ4n) is 1.17. The van der Waals surface area contributed by atoms with Crippen molar-refractivity contribution in [2.24, 2.45) is 0 Å². The van der Waals surface area contributed by atoms with Gasteiger partial charge in [-0.15, -0.1) is 0 Å². The Morgan fingerprint density at radius 2 is 1.89 bits per heavy atom. The summed E-state index contributed by atoms with van der Waals surface area (Å²) < 4.78 is 18.1. The molecule has 1 N–H and O–H groups in total. The molecule has 0 amide bonds.